The van der Waals surface area contributed by atoms with Crippen LogP contribution in [0.2, 0.25) is 0 Å². The molecule has 0 saturated heterocycles. The first kappa shape index (κ1) is 22.0. The van der Waals surface area contributed by atoms with Crippen molar-refractivity contribution in [2.75, 3.05) is 5.32 Å². The second-order valence-electron chi connectivity index (χ2n) is 8.18. The number of benzene rings is 3. The van der Waals surface area contributed by atoms with E-state index in [1.54, 1.807) is 43.7 Å². The summed E-state index contributed by atoms with van der Waals surface area (Å²) < 4.78 is 1.50. The van der Waals surface area contributed by atoms with Crippen LogP contribution >= 0.6 is 0 Å². The van der Waals surface area contributed by atoms with Crippen LogP contribution < -0.4 is 10.9 Å². The van der Waals surface area contributed by atoms with E-state index < -0.39 is 5.97 Å². The average molecular weight is 463 g/mol. The molecule has 0 spiro atoms. The molecule has 3 aromatic carbocycles. The summed E-state index contributed by atoms with van der Waals surface area (Å²) in [5.74, 6) is -0.562. The van der Waals surface area contributed by atoms with Crippen LogP contribution in [-0.2, 0) is 13.6 Å². The minimum Gasteiger partial charge on any atom is -0.478 e. The zero-order chi connectivity index (χ0) is 24.4. The van der Waals surface area contributed by atoms with Crippen LogP contribution in [0.3, 0.4) is 0 Å². The molecule has 0 aliphatic rings. The summed E-state index contributed by atoms with van der Waals surface area (Å²) in [5.41, 5.74) is 3.57. The highest BCUT2D eigenvalue weighted by atomic mass is 16.4. The third-order valence-corrected chi connectivity index (χ3v) is 5.93. The highest BCUT2D eigenvalue weighted by Gasteiger charge is 2.18. The highest BCUT2D eigenvalue weighted by molar-refractivity contribution is 5.90. The molecule has 0 unspecified atom stereocenters. The first-order chi connectivity index (χ1) is 17.0. The van der Waals surface area contributed by atoms with Gasteiger partial charge in [0.05, 0.1) is 16.8 Å². The first-order valence-corrected chi connectivity index (χ1v) is 11.1. The van der Waals surface area contributed by atoms with Gasteiger partial charge in [-0.15, -0.1) is 0 Å². The number of nitrogens with one attached hydrogen (secondary N) is 1. The van der Waals surface area contributed by atoms with Gasteiger partial charge in [-0.3, -0.25) is 14.3 Å². The van der Waals surface area contributed by atoms with Gasteiger partial charge in [-0.05, 0) is 52.2 Å². The lowest BCUT2D eigenvalue weighted by Crippen LogP contribution is -2.24. The molecule has 0 radical (unpaired) electrons. The molecular formula is C28H22N4O3. The number of aromatic nitrogens is 3. The average Bonchev–Trinajstić information content (AvgIpc) is 2.90. The maximum Gasteiger partial charge on any atom is 0.335 e. The molecule has 0 aliphatic heterocycles. The molecule has 172 valence electrons. The van der Waals surface area contributed by atoms with Crippen molar-refractivity contribution in [3.63, 3.8) is 0 Å². The summed E-state index contributed by atoms with van der Waals surface area (Å²) in [6.07, 6.45) is 3.35. The summed E-state index contributed by atoms with van der Waals surface area (Å²) in [4.78, 5) is 33.7. The Morgan fingerprint density at radius 3 is 2.34 bits per heavy atom. The zero-order valence-corrected chi connectivity index (χ0v) is 19.0. The Balaban J connectivity index is 1.59. The topological polar surface area (TPSA) is 97.1 Å². The largest absolute Gasteiger partial charge is 0.478 e. The normalized spacial score (nSPS) is 10.9. The van der Waals surface area contributed by atoms with Gasteiger partial charge in [-0.25, -0.2) is 9.78 Å². The lowest BCUT2D eigenvalue weighted by Gasteiger charge is -2.16. The minimum absolute atomic E-state index is 0.175. The molecule has 2 N–H and O–H groups in total. The van der Waals surface area contributed by atoms with Gasteiger partial charge in [0, 0.05) is 31.5 Å². The number of pyridine rings is 1. The van der Waals surface area contributed by atoms with Gasteiger partial charge < -0.3 is 10.4 Å². The minimum atomic E-state index is -0.972. The number of hydrogen-bond acceptors (Lipinski definition) is 5. The number of aromatic carboxylic acids is 1. The Kier molecular flexibility index (Phi) is 5.81. The van der Waals surface area contributed by atoms with E-state index in [2.05, 4.69) is 10.3 Å². The van der Waals surface area contributed by atoms with E-state index in [9.17, 15) is 9.59 Å². The van der Waals surface area contributed by atoms with Crippen LogP contribution in [0.25, 0.3) is 33.2 Å². The van der Waals surface area contributed by atoms with Crippen LogP contribution in [0.1, 0.15) is 15.9 Å². The van der Waals surface area contributed by atoms with Crippen molar-refractivity contribution in [1.82, 2.24) is 14.5 Å². The van der Waals surface area contributed by atoms with Crippen molar-refractivity contribution >= 4 is 22.7 Å². The van der Waals surface area contributed by atoms with E-state index in [-0.39, 0.29) is 11.1 Å². The Labute approximate surface area is 201 Å². The smallest absolute Gasteiger partial charge is 0.335 e. The van der Waals surface area contributed by atoms with E-state index >= 15 is 0 Å². The second-order valence-corrected chi connectivity index (χ2v) is 8.18. The van der Waals surface area contributed by atoms with Gasteiger partial charge in [-0.2, -0.15) is 0 Å². The summed E-state index contributed by atoms with van der Waals surface area (Å²) in [7, 11) is 1.69. The fraction of sp³-hybridized carbons (Fsp3) is 0.0714. The summed E-state index contributed by atoms with van der Waals surface area (Å²) in [5, 5.41) is 14.5. The molecule has 2 heterocycles. The Morgan fingerprint density at radius 2 is 1.63 bits per heavy atom. The maximum atomic E-state index is 13.7. The van der Waals surface area contributed by atoms with Gasteiger partial charge in [0.2, 0.25) is 5.95 Å². The monoisotopic (exact) mass is 462 g/mol. The Hall–Kier alpha value is -4.78. The second kappa shape index (κ2) is 9.23. The SMILES string of the molecule is Cn1c(NCc2ccc(C(=O)O)cc2)nc(-c2ccncc2)c(-c2ccc3ccccc3c2)c1=O. The Bertz CT molecular complexity index is 1590. The van der Waals surface area contributed by atoms with Crippen molar-refractivity contribution in [2.45, 2.75) is 6.54 Å². The van der Waals surface area contributed by atoms with E-state index in [0.717, 1.165) is 27.5 Å². The number of nitrogens with zero attached hydrogens (tertiary/aromatic N) is 3. The van der Waals surface area contributed by atoms with Crippen LogP contribution in [0.15, 0.2) is 96.1 Å². The van der Waals surface area contributed by atoms with Gasteiger partial charge in [0.25, 0.3) is 5.56 Å². The third kappa shape index (κ3) is 4.39. The van der Waals surface area contributed by atoms with Gasteiger partial charge >= 0.3 is 5.97 Å². The van der Waals surface area contributed by atoms with Crippen molar-refractivity contribution in [3.05, 3.63) is 113 Å². The van der Waals surface area contributed by atoms with Crippen molar-refractivity contribution < 1.29 is 9.90 Å². The molecule has 35 heavy (non-hydrogen) atoms. The van der Waals surface area contributed by atoms with Gasteiger partial charge in [-0.1, -0.05) is 48.5 Å². The Morgan fingerprint density at radius 1 is 0.914 bits per heavy atom. The van der Waals surface area contributed by atoms with E-state index in [1.165, 1.54) is 4.57 Å². The number of carbonyl (C=O) groups is 1. The fourth-order valence-corrected chi connectivity index (χ4v) is 4.03. The number of hydrogen-bond donors (Lipinski definition) is 2. The van der Waals surface area contributed by atoms with E-state index in [4.69, 9.17) is 10.1 Å². The standard InChI is InChI=1S/C28H22N4O3/c1-32-26(33)24(23-11-10-19-4-2-3-5-22(19)16-23)25(20-12-14-29-15-13-20)31-28(32)30-17-18-6-8-21(9-7-18)27(34)35/h2-16H,17H2,1H3,(H,30,31)(H,34,35). The maximum absolute atomic E-state index is 13.7. The van der Waals surface area contributed by atoms with Gasteiger partial charge in [0.1, 0.15) is 0 Å². The van der Waals surface area contributed by atoms with E-state index in [0.29, 0.717) is 23.8 Å². The third-order valence-electron chi connectivity index (χ3n) is 5.93. The molecule has 2 aromatic heterocycles. The summed E-state index contributed by atoms with van der Waals surface area (Å²) >= 11 is 0. The predicted molar refractivity (Wildman–Crippen MR) is 136 cm³/mol. The van der Waals surface area contributed by atoms with Crippen molar-refractivity contribution in [2.24, 2.45) is 7.05 Å². The summed E-state index contributed by atoms with van der Waals surface area (Å²) in [6.45, 7) is 0.380. The predicted octanol–water partition coefficient (Wildman–Crippen LogP) is 4.97. The molecule has 0 atom stereocenters. The van der Waals surface area contributed by atoms with Crippen LogP contribution in [-0.4, -0.2) is 25.6 Å². The van der Waals surface area contributed by atoms with Gasteiger partial charge in [0.15, 0.2) is 0 Å². The lowest BCUT2D eigenvalue weighted by molar-refractivity contribution is 0.0697. The van der Waals surface area contributed by atoms with Crippen LogP contribution in [0, 0.1) is 0 Å². The van der Waals surface area contributed by atoms with Crippen molar-refractivity contribution in [3.8, 4) is 22.4 Å². The number of anilines is 1. The first-order valence-electron chi connectivity index (χ1n) is 11.1. The number of carboxylic acids is 1. The van der Waals surface area contributed by atoms with Crippen molar-refractivity contribution in [1.29, 1.82) is 0 Å². The molecule has 0 fully saturated rings. The number of carboxylic acid groups (broad SMARTS) is 1. The highest BCUT2D eigenvalue weighted by Crippen LogP contribution is 2.30. The number of rotatable bonds is 6. The zero-order valence-electron chi connectivity index (χ0n) is 19.0. The molecule has 7 heteroatoms. The lowest BCUT2D eigenvalue weighted by atomic mass is 9.98. The summed E-state index contributed by atoms with van der Waals surface area (Å²) in [6, 6.07) is 24.2. The molecule has 5 aromatic rings. The molecular weight excluding hydrogens is 440 g/mol. The molecule has 5 rings (SSSR count). The molecule has 0 bridgehead atoms. The fourth-order valence-electron chi connectivity index (χ4n) is 4.03. The molecule has 7 nitrogen and oxygen atoms in total. The quantitative estimate of drug-likeness (QED) is 0.370. The molecule has 0 aliphatic carbocycles. The van der Waals surface area contributed by atoms with Crippen LogP contribution in [0.4, 0.5) is 5.95 Å². The molecule has 0 saturated carbocycles. The molecule has 0 amide bonds. The number of fused-ring (bicyclic) bond motifs is 1. The van der Waals surface area contributed by atoms with E-state index in [1.807, 2.05) is 54.6 Å². The van der Waals surface area contributed by atoms with Crippen LogP contribution in [0.5, 0.6) is 0 Å².